The van der Waals surface area contributed by atoms with Crippen molar-refractivity contribution in [2.45, 2.75) is 20.1 Å². The Bertz CT molecular complexity index is 306. The molecule has 76 valence electrons. The molecule has 0 aliphatic rings. The van der Waals surface area contributed by atoms with Crippen LogP contribution in [0.5, 0.6) is 5.75 Å². The largest absolute Gasteiger partial charge is 0.465 e. The van der Waals surface area contributed by atoms with Crippen LogP contribution in [0.25, 0.3) is 6.08 Å². The fourth-order valence-electron chi connectivity index (χ4n) is 1.12. The monoisotopic (exact) mass is 193 g/mol. The zero-order valence-corrected chi connectivity index (χ0v) is 8.57. The average molecular weight is 193 g/mol. The Kier molecular flexibility index (Phi) is 3.61. The van der Waals surface area contributed by atoms with Crippen LogP contribution in [0.15, 0.2) is 30.8 Å². The molecule has 0 fully saturated rings. The molecule has 0 spiro atoms. The van der Waals surface area contributed by atoms with E-state index >= 15 is 0 Å². The smallest absolute Gasteiger partial charge is 0.196 e. The zero-order chi connectivity index (χ0) is 11.1. The number of benzene rings is 1. The van der Waals surface area contributed by atoms with Crippen molar-refractivity contribution in [2.75, 3.05) is 6.61 Å². The van der Waals surface area contributed by atoms with E-state index in [0.717, 1.165) is 11.3 Å². The molecule has 1 atom stereocenters. The summed E-state index contributed by atoms with van der Waals surface area (Å²) in [7, 11) is 0. The summed E-state index contributed by atoms with van der Waals surface area (Å²) >= 11 is 0. The summed E-state index contributed by atoms with van der Waals surface area (Å²) in [6.45, 7) is 5.70. The van der Waals surface area contributed by atoms with Crippen LogP contribution in [0.4, 0.5) is 0 Å². The second-order valence-corrected chi connectivity index (χ2v) is 2.88. The summed E-state index contributed by atoms with van der Waals surface area (Å²) in [4.78, 5) is 0. The fraction of sp³-hybridized carbons (Fsp3) is 0.333. The van der Waals surface area contributed by atoms with Gasteiger partial charge in [-0.3, -0.25) is 0 Å². The van der Waals surface area contributed by atoms with Crippen molar-refractivity contribution in [3.8, 4) is 5.75 Å². The van der Waals surface area contributed by atoms with Gasteiger partial charge < -0.3 is 9.47 Å². The summed E-state index contributed by atoms with van der Waals surface area (Å²) in [5.41, 5.74) is 0.987. The highest BCUT2D eigenvalue weighted by molar-refractivity contribution is 5.48. The first-order valence-corrected chi connectivity index (χ1v) is 4.69. The maximum atomic E-state index is 6.93. The molecular weight excluding hydrogens is 176 g/mol. The lowest BCUT2D eigenvalue weighted by atomic mass is 10.2. The van der Waals surface area contributed by atoms with Crippen LogP contribution in [-0.4, -0.2) is 12.9 Å². The standard InChI is InChI=1S/C12H16O2/c1-4-11-6-8-12(9-7-11)14-10(3)13-5-2/h4,6-10H,1,5H2,2-3H3/i1D. The molecule has 0 N–H and O–H groups in total. The van der Waals surface area contributed by atoms with E-state index in [1.165, 1.54) is 6.55 Å². The minimum absolute atomic E-state index is 0.229. The number of hydrogen-bond donors (Lipinski definition) is 0. The Balaban J connectivity index is 2.56. The van der Waals surface area contributed by atoms with Gasteiger partial charge in [0.25, 0.3) is 0 Å². The highest BCUT2D eigenvalue weighted by atomic mass is 16.7. The zero-order valence-electron chi connectivity index (χ0n) is 9.57. The van der Waals surface area contributed by atoms with Crippen molar-refractivity contribution in [3.63, 3.8) is 0 Å². The van der Waals surface area contributed by atoms with Gasteiger partial charge in [0.05, 0.1) is 1.37 Å². The molecule has 14 heavy (non-hydrogen) atoms. The quantitative estimate of drug-likeness (QED) is 0.669. The molecule has 1 unspecified atom stereocenters. The summed E-state index contributed by atoms with van der Waals surface area (Å²) in [6.07, 6.45) is 1.49. The normalized spacial score (nSPS) is 14.0. The summed E-state index contributed by atoms with van der Waals surface area (Å²) in [5, 5.41) is 0. The third-order valence-electron chi connectivity index (χ3n) is 1.78. The molecule has 1 aromatic carbocycles. The van der Waals surface area contributed by atoms with Crippen LogP contribution in [0.3, 0.4) is 0 Å². The topological polar surface area (TPSA) is 18.5 Å². The molecule has 0 radical (unpaired) electrons. The van der Waals surface area contributed by atoms with Crippen molar-refractivity contribution < 1.29 is 10.8 Å². The van der Waals surface area contributed by atoms with Gasteiger partial charge in [0.1, 0.15) is 5.75 Å². The maximum absolute atomic E-state index is 6.93. The van der Waals surface area contributed by atoms with Gasteiger partial charge in [0.15, 0.2) is 6.29 Å². The first-order valence-electron chi connectivity index (χ1n) is 5.27. The van der Waals surface area contributed by atoms with E-state index in [4.69, 9.17) is 10.8 Å². The molecule has 0 bridgehead atoms. The van der Waals surface area contributed by atoms with Crippen LogP contribution in [0.1, 0.15) is 20.8 Å². The van der Waals surface area contributed by atoms with Crippen LogP contribution in [-0.2, 0) is 4.74 Å². The highest BCUT2D eigenvalue weighted by Gasteiger charge is 2.01. The van der Waals surface area contributed by atoms with Gasteiger partial charge in [-0.05, 0) is 31.5 Å². The van der Waals surface area contributed by atoms with Gasteiger partial charge in [-0.1, -0.05) is 24.8 Å². The van der Waals surface area contributed by atoms with Crippen LogP contribution in [0.2, 0.25) is 0 Å². The molecule has 0 aliphatic carbocycles. The van der Waals surface area contributed by atoms with Crippen molar-refractivity contribution in [2.24, 2.45) is 0 Å². The molecular formula is C12H16O2. The molecule has 0 saturated heterocycles. The van der Waals surface area contributed by atoms with Gasteiger partial charge in [0.2, 0.25) is 0 Å². The third kappa shape index (κ3) is 3.23. The van der Waals surface area contributed by atoms with Crippen LogP contribution in [0, 0.1) is 0 Å². The number of ether oxygens (including phenoxy) is 2. The van der Waals surface area contributed by atoms with E-state index in [0.29, 0.717) is 6.61 Å². The lowest BCUT2D eigenvalue weighted by Gasteiger charge is -2.14. The van der Waals surface area contributed by atoms with Gasteiger partial charge >= 0.3 is 0 Å². The van der Waals surface area contributed by atoms with E-state index < -0.39 is 0 Å². The molecule has 0 aromatic heterocycles. The van der Waals surface area contributed by atoms with E-state index in [2.05, 4.69) is 0 Å². The van der Waals surface area contributed by atoms with Gasteiger partial charge in [-0.2, -0.15) is 0 Å². The minimum atomic E-state index is -0.229. The third-order valence-corrected chi connectivity index (χ3v) is 1.78. The van der Waals surface area contributed by atoms with E-state index in [1.807, 2.05) is 38.1 Å². The SMILES string of the molecule is [2H]C=Cc1ccc(OC(C)OCC)cc1. The Labute approximate surface area is 86.6 Å². The number of rotatable bonds is 5. The second kappa shape index (κ2) is 5.45. The minimum Gasteiger partial charge on any atom is -0.465 e. The lowest BCUT2D eigenvalue weighted by molar-refractivity contribution is -0.0613. The van der Waals surface area contributed by atoms with Gasteiger partial charge in [-0.15, -0.1) is 0 Å². The van der Waals surface area contributed by atoms with E-state index in [-0.39, 0.29) is 6.29 Å². The van der Waals surface area contributed by atoms with Crippen LogP contribution < -0.4 is 4.74 Å². The van der Waals surface area contributed by atoms with Crippen LogP contribution >= 0.6 is 0 Å². The Morgan fingerprint density at radius 3 is 2.79 bits per heavy atom. The first kappa shape index (κ1) is 9.28. The van der Waals surface area contributed by atoms with Crippen molar-refractivity contribution >= 4 is 6.08 Å². The fourth-order valence-corrected chi connectivity index (χ4v) is 1.12. The summed E-state index contributed by atoms with van der Waals surface area (Å²) in [6, 6.07) is 7.54. The average Bonchev–Trinajstić information content (AvgIpc) is 2.22. The molecule has 0 heterocycles. The Hall–Kier alpha value is -1.28. The highest BCUT2D eigenvalue weighted by Crippen LogP contribution is 2.14. The van der Waals surface area contributed by atoms with Crippen molar-refractivity contribution in [3.05, 3.63) is 36.4 Å². The Morgan fingerprint density at radius 2 is 2.21 bits per heavy atom. The Morgan fingerprint density at radius 1 is 1.50 bits per heavy atom. The summed E-state index contributed by atoms with van der Waals surface area (Å²) < 4.78 is 17.7. The lowest BCUT2D eigenvalue weighted by Crippen LogP contribution is -2.15. The van der Waals surface area contributed by atoms with Gasteiger partial charge in [-0.25, -0.2) is 0 Å². The maximum Gasteiger partial charge on any atom is 0.196 e. The molecule has 2 heteroatoms. The molecule has 0 saturated carbocycles. The van der Waals surface area contributed by atoms with Crippen molar-refractivity contribution in [1.29, 1.82) is 0 Å². The number of hydrogen-bond acceptors (Lipinski definition) is 2. The second-order valence-electron chi connectivity index (χ2n) is 2.88. The molecule has 0 aliphatic heterocycles. The predicted molar refractivity (Wildman–Crippen MR) is 58.2 cm³/mol. The predicted octanol–water partition coefficient (Wildman–Crippen LogP) is 3.09. The molecule has 1 rings (SSSR count). The van der Waals surface area contributed by atoms with E-state index in [1.54, 1.807) is 6.08 Å². The van der Waals surface area contributed by atoms with E-state index in [9.17, 15) is 0 Å². The van der Waals surface area contributed by atoms with Gasteiger partial charge in [0, 0.05) is 6.61 Å². The van der Waals surface area contributed by atoms with Crippen molar-refractivity contribution in [1.82, 2.24) is 0 Å². The first-order chi connectivity index (χ1) is 7.26. The molecule has 0 amide bonds. The molecule has 1 aromatic rings. The molecule has 2 nitrogen and oxygen atoms in total. The summed E-state index contributed by atoms with van der Waals surface area (Å²) in [5.74, 6) is 0.776.